The van der Waals surface area contributed by atoms with Gasteiger partial charge >= 0.3 is 0 Å². The molecule has 2 N–H and O–H groups in total. The van der Waals surface area contributed by atoms with Gasteiger partial charge in [0.1, 0.15) is 0 Å². The maximum Gasteiger partial charge on any atom is 0.272 e. The third kappa shape index (κ3) is 4.81. The first-order valence-electron chi connectivity index (χ1n) is 8.94. The highest BCUT2D eigenvalue weighted by Crippen LogP contribution is 2.23. The molecule has 4 heterocycles. The predicted molar refractivity (Wildman–Crippen MR) is 108 cm³/mol. The van der Waals surface area contributed by atoms with E-state index in [0.29, 0.717) is 40.6 Å². The highest BCUT2D eigenvalue weighted by atomic mass is 35.5. The summed E-state index contributed by atoms with van der Waals surface area (Å²) in [6.07, 6.45) is 6.40. The number of nitrogens with one attached hydrogen (secondary N) is 2. The van der Waals surface area contributed by atoms with Crippen LogP contribution in [-0.2, 0) is 4.74 Å². The van der Waals surface area contributed by atoms with Crippen molar-refractivity contribution in [1.82, 2.24) is 30.3 Å². The fraction of sp³-hybridized carbons (Fsp3) is 0.278. The molecule has 0 aliphatic carbocycles. The van der Waals surface area contributed by atoms with Crippen molar-refractivity contribution in [2.24, 2.45) is 0 Å². The summed E-state index contributed by atoms with van der Waals surface area (Å²) in [7, 11) is 0. The van der Waals surface area contributed by atoms with Crippen molar-refractivity contribution in [3.05, 3.63) is 52.5 Å². The molecule has 1 saturated heterocycles. The molecule has 3 aromatic rings. The SMILES string of the molecule is O=C(NC1CCOCC1)c1ccc(Nc2cnn(-c3ncc(Cl)cc3Cl)c2)nn1. The second-order valence-corrected chi connectivity index (χ2v) is 7.27. The first-order valence-corrected chi connectivity index (χ1v) is 9.69. The summed E-state index contributed by atoms with van der Waals surface area (Å²) in [6.45, 7) is 1.31. The zero-order valence-corrected chi connectivity index (χ0v) is 16.7. The van der Waals surface area contributed by atoms with Gasteiger partial charge in [0.05, 0.1) is 28.1 Å². The van der Waals surface area contributed by atoms with Crippen molar-refractivity contribution in [1.29, 1.82) is 0 Å². The lowest BCUT2D eigenvalue weighted by atomic mass is 10.1. The fourth-order valence-corrected chi connectivity index (χ4v) is 3.31. The van der Waals surface area contributed by atoms with Crippen molar-refractivity contribution in [3.63, 3.8) is 0 Å². The van der Waals surface area contributed by atoms with Crippen LogP contribution in [0.5, 0.6) is 0 Å². The van der Waals surface area contributed by atoms with E-state index in [9.17, 15) is 4.79 Å². The van der Waals surface area contributed by atoms with Gasteiger partial charge in [-0.1, -0.05) is 23.2 Å². The lowest BCUT2D eigenvalue weighted by Gasteiger charge is -2.22. The summed E-state index contributed by atoms with van der Waals surface area (Å²) in [5, 5.41) is 19.1. The van der Waals surface area contributed by atoms with Gasteiger partial charge in [-0.3, -0.25) is 4.79 Å². The normalized spacial score (nSPS) is 14.6. The van der Waals surface area contributed by atoms with Gasteiger partial charge in [-0.25, -0.2) is 9.67 Å². The van der Waals surface area contributed by atoms with Crippen molar-refractivity contribution >= 4 is 40.6 Å². The summed E-state index contributed by atoms with van der Waals surface area (Å²) in [4.78, 5) is 16.5. The van der Waals surface area contributed by atoms with Gasteiger partial charge in [-0.2, -0.15) is 5.10 Å². The average Bonchev–Trinajstić information content (AvgIpc) is 3.17. The van der Waals surface area contributed by atoms with E-state index in [0.717, 1.165) is 12.8 Å². The van der Waals surface area contributed by atoms with E-state index < -0.39 is 0 Å². The van der Waals surface area contributed by atoms with Crippen LogP contribution in [0.2, 0.25) is 10.0 Å². The van der Waals surface area contributed by atoms with Crippen LogP contribution in [0.1, 0.15) is 23.3 Å². The molecule has 11 heteroatoms. The van der Waals surface area contributed by atoms with E-state index in [1.54, 1.807) is 30.6 Å². The van der Waals surface area contributed by atoms with Crippen LogP contribution in [-0.4, -0.2) is 50.1 Å². The molecule has 29 heavy (non-hydrogen) atoms. The quantitative estimate of drug-likeness (QED) is 0.636. The number of nitrogens with zero attached hydrogens (tertiary/aromatic N) is 5. The monoisotopic (exact) mass is 433 g/mol. The summed E-state index contributed by atoms with van der Waals surface area (Å²) in [5.41, 5.74) is 0.918. The molecular weight excluding hydrogens is 417 g/mol. The molecule has 0 bridgehead atoms. The number of ether oxygens (including phenoxy) is 1. The molecule has 1 amide bonds. The third-order valence-corrected chi connectivity index (χ3v) is 4.80. The van der Waals surface area contributed by atoms with Gasteiger partial charge in [-0.05, 0) is 31.0 Å². The minimum absolute atomic E-state index is 0.106. The molecule has 0 atom stereocenters. The molecule has 1 fully saturated rings. The summed E-state index contributed by atoms with van der Waals surface area (Å²) >= 11 is 12.0. The van der Waals surface area contributed by atoms with Gasteiger partial charge in [-0.15, -0.1) is 10.2 Å². The molecule has 9 nitrogen and oxygen atoms in total. The zero-order valence-electron chi connectivity index (χ0n) is 15.2. The minimum atomic E-state index is -0.243. The van der Waals surface area contributed by atoms with Gasteiger partial charge < -0.3 is 15.4 Å². The Morgan fingerprint density at radius 1 is 1.17 bits per heavy atom. The highest BCUT2D eigenvalue weighted by Gasteiger charge is 2.18. The zero-order chi connectivity index (χ0) is 20.2. The Kier molecular flexibility index (Phi) is 5.89. The number of carbonyl (C=O) groups excluding carboxylic acids is 1. The lowest BCUT2D eigenvalue weighted by Crippen LogP contribution is -2.39. The number of aromatic nitrogens is 5. The van der Waals surface area contributed by atoms with E-state index in [4.69, 9.17) is 27.9 Å². The van der Waals surface area contributed by atoms with Crippen LogP contribution in [0, 0.1) is 0 Å². The van der Waals surface area contributed by atoms with E-state index in [1.807, 2.05) is 0 Å². The second kappa shape index (κ2) is 8.73. The van der Waals surface area contributed by atoms with Crippen LogP contribution < -0.4 is 10.6 Å². The summed E-state index contributed by atoms with van der Waals surface area (Å²) < 4.78 is 6.81. The number of anilines is 2. The maximum absolute atomic E-state index is 12.3. The Balaban J connectivity index is 1.40. The molecule has 1 aliphatic heterocycles. The number of rotatable bonds is 5. The van der Waals surface area contributed by atoms with Gasteiger partial charge in [0, 0.05) is 25.5 Å². The topological polar surface area (TPSA) is 107 Å². The molecule has 3 aromatic heterocycles. The standard InChI is InChI=1S/C18H17Cl2N7O2/c19-11-7-14(20)17(21-8-11)27-10-13(9-22-27)23-16-2-1-15(25-26-16)18(28)24-12-3-5-29-6-4-12/h1-2,7-10,12H,3-6H2,(H,23,26)(H,24,28). The molecular formula is C18H17Cl2N7O2. The smallest absolute Gasteiger partial charge is 0.272 e. The molecule has 4 rings (SSSR count). The van der Waals surface area contributed by atoms with E-state index in [2.05, 4.69) is 30.9 Å². The predicted octanol–water partition coefficient (Wildman–Crippen LogP) is 3.02. The Labute approximate surface area is 176 Å². The molecule has 150 valence electrons. The molecule has 0 unspecified atom stereocenters. The number of hydrogen-bond donors (Lipinski definition) is 2. The van der Waals surface area contributed by atoms with Crippen molar-refractivity contribution < 1.29 is 9.53 Å². The highest BCUT2D eigenvalue weighted by molar-refractivity contribution is 6.35. The average molecular weight is 434 g/mol. The third-order valence-electron chi connectivity index (χ3n) is 4.31. The number of amides is 1. The van der Waals surface area contributed by atoms with E-state index in [1.165, 1.54) is 10.9 Å². The van der Waals surface area contributed by atoms with Crippen LogP contribution in [0.3, 0.4) is 0 Å². The lowest BCUT2D eigenvalue weighted by molar-refractivity contribution is 0.0693. The Bertz CT molecular complexity index is 1000. The number of carbonyl (C=O) groups is 1. The maximum atomic E-state index is 12.3. The van der Waals surface area contributed by atoms with Crippen LogP contribution in [0.4, 0.5) is 11.5 Å². The van der Waals surface area contributed by atoms with Crippen molar-refractivity contribution in [2.45, 2.75) is 18.9 Å². The van der Waals surface area contributed by atoms with Crippen LogP contribution in [0.15, 0.2) is 36.8 Å². The van der Waals surface area contributed by atoms with Crippen molar-refractivity contribution in [2.75, 3.05) is 18.5 Å². The number of pyridine rings is 1. The summed E-state index contributed by atoms with van der Waals surface area (Å²) in [6, 6.07) is 4.99. The first-order chi connectivity index (χ1) is 14.1. The second-order valence-electron chi connectivity index (χ2n) is 6.42. The van der Waals surface area contributed by atoms with E-state index in [-0.39, 0.29) is 17.6 Å². The number of hydrogen-bond acceptors (Lipinski definition) is 7. The molecule has 0 spiro atoms. The Hall–Kier alpha value is -2.75. The van der Waals surface area contributed by atoms with E-state index >= 15 is 0 Å². The fourth-order valence-electron chi connectivity index (χ4n) is 2.85. The van der Waals surface area contributed by atoms with Crippen LogP contribution >= 0.6 is 23.2 Å². The number of halogens is 2. The molecule has 1 aliphatic rings. The largest absolute Gasteiger partial charge is 0.381 e. The van der Waals surface area contributed by atoms with Gasteiger partial charge in [0.25, 0.3) is 5.91 Å². The first kappa shape index (κ1) is 19.6. The van der Waals surface area contributed by atoms with Crippen molar-refractivity contribution in [3.8, 4) is 5.82 Å². The Morgan fingerprint density at radius 3 is 2.72 bits per heavy atom. The Morgan fingerprint density at radius 2 is 2.00 bits per heavy atom. The molecule has 0 aromatic carbocycles. The van der Waals surface area contributed by atoms with Gasteiger partial charge in [0.2, 0.25) is 0 Å². The van der Waals surface area contributed by atoms with Crippen LogP contribution in [0.25, 0.3) is 5.82 Å². The van der Waals surface area contributed by atoms with Gasteiger partial charge in [0.15, 0.2) is 17.3 Å². The molecule has 0 saturated carbocycles. The molecule has 0 radical (unpaired) electrons. The summed E-state index contributed by atoms with van der Waals surface area (Å²) in [5.74, 6) is 0.685. The minimum Gasteiger partial charge on any atom is -0.381 e.